The number of benzene rings is 1. The summed E-state index contributed by atoms with van der Waals surface area (Å²) in [6, 6.07) is 13.8. The smallest absolute Gasteiger partial charge is 0.187 e. The van der Waals surface area contributed by atoms with Gasteiger partial charge < -0.3 is 10.1 Å². The number of hydrogen-bond donors (Lipinski definition) is 2. The molecule has 8 heteroatoms. The van der Waals surface area contributed by atoms with Crippen LogP contribution < -0.4 is 10.7 Å². The van der Waals surface area contributed by atoms with Crippen molar-refractivity contribution in [2.45, 2.75) is 18.9 Å². The van der Waals surface area contributed by atoms with Crippen molar-refractivity contribution in [2.75, 3.05) is 13.2 Å². The lowest BCUT2D eigenvalue weighted by Gasteiger charge is -2.11. The zero-order chi connectivity index (χ0) is 19.9. The molecule has 1 fully saturated rings. The quantitative estimate of drug-likeness (QED) is 0.372. The summed E-state index contributed by atoms with van der Waals surface area (Å²) in [5.74, 6) is 0. The maximum Gasteiger partial charge on any atom is 0.187 e. The van der Waals surface area contributed by atoms with E-state index in [1.807, 2.05) is 53.3 Å². The Hall–Kier alpha value is -3.10. The van der Waals surface area contributed by atoms with E-state index in [9.17, 15) is 0 Å². The Bertz CT molecular complexity index is 967. The highest BCUT2D eigenvalue weighted by Gasteiger charge is 2.15. The molecule has 2 aromatic heterocycles. The van der Waals surface area contributed by atoms with Crippen LogP contribution in [0.4, 0.5) is 0 Å². The Kier molecular flexibility index (Phi) is 6.23. The fourth-order valence-electron chi connectivity index (χ4n) is 3.13. The molecule has 0 unspecified atom stereocenters. The molecule has 3 heterocycles. The number of rotatable bonds is 6. The minimum atomic E-state index is 0.222. The maximum atomic E-state index is 5.58. The molecule has 1 aromatic carbocycles. The van der Waals surface area contributed by atoms with E-state index in [1.54, 1.807) is 18.6 Å². The highest BCUT2D eigenvalue weighted by Crippen LogP contribution is 2.21. The predicted octanol–water partition coefficient (Wildman–Crippen LogP) is 2.91. The molecular weight excluding hydrogens is 384 g/mol. The van der Waals surface area contributed by atoms with E-state index in [4.69, 9.17) is 22.1 Å². The number of hydrazone groups is 1. The average Bonchev–Trinajstić information content (AvgIpc) is 3.44. The standard InChI is InChI=1S/C21H22N6OS/c29-21(23-14-19-9-5-11-28-19)25-24-13-17-15-27(18-7-2-1-3-8-18)26-20(17)16-6-4-10-22-12-16/h1-4,6-8,10,12-13,15,19H,5,9,11,14H2,(H2,23,25,29)/b24-13-/t19-/m0/s1. The first-order valence-corrected chi connectivity index (χ1v) is 9.94. The molecule has 148 valence electrons. The minimum absolute atomic E-state index is 0.222. The first kappa shape index (κ1) is 19.2. The van der Waals surface area contributed by atoms with E-state index < -0.39 is 0 Å². The van der Waals surface area contributed by atoms with Crippen molar-refractivity contribution in [1.29, 1.82) is 0 Å². The molecule has 0 amide bonds. The molecule has 0 bridgehead atoms. The molecule has 1 aliphatic rings. The highest BCUT2D eigenvalue weighted by molar-refractivity contribution is 7.80. The van der Waals surface area contributed by atoms with Gasteiger partial charge in [0.2, 0.25) is 0 Å². The molecule has 1 aliphatic heterocycles. The van der Waals surface area contributed by atoms with Crippen molar-refractivity contribution < 1.29 is 4.74 Å². The van der Waals surface area contributed by atoms with E-state index in [1.165, 1.54) is 0 Å². The second kappa shape index (κ2) is 9.40. The molecule has 7 nitrogen and oxygen atoms in total. The van der Waals surface area contributed by atoms with Crippen LogP contribution in [-0.2, 0) is 4.74 Å². The number of aromatic nitrogens is 3. The highest BCUT2D eigenvalue weighted by atomic mass is 32.1. The van der Waals surface area contributed by atoms with Crippen molar-refractivity contribution in [3.8, 4) is 16.9 Å². The van der Waals surface area contributed by atoms with Gasteiger partial charge in [0.1, 0.15) is 5.69 Å². The summed E-state index contributed by atoms with van der Waals surface area (Å²) in [5, 5.41) is 12.6. The molecule has 3 aromatic rings. The molecular formula is C21H22N6OS. The summed E-state index contributed by atoms with van der Waals surface area (Å²) in [6.07, 6.45) is 9.57. The van der Waals surface area contributed by atoms with Gasteiger partial charge in [-0.05, 0) is 49.3 Å². The predicted molar refractivity (Wildman–Crippen MR) is 117 cm³/mol. The van der Waals surface area contributed by atoms with E-state index in [2.05, 4.69) is 20.8 Å². The first-order chi connectivity index (χ1) is 14.3. The van der Waals surface area contributed by atoms with E-state index in [-0.39, 0.29) is 6.10 Å². The van der Waals surface area contributed by atoms with Gasteiger partial charge in [-0.3, -0.25) is 10.4 Å². The van der Waals surface area contributed by atoms with Crippen LogP contribution in [0.25, 0.3) is 16.9 Å². The van der Waals surface area contributed by atoms with Crippen molar-refractivity contribution in [2.24, 2.45) is 5.10 Å². The van der Waals surface area contributed by atoms with Gasteiger partial charge in [-0.25, -0.2) is 4.68 Å². The number of para-hydroxylation sites is 1. The molecule has 0 aliphatic carbocycles. The lowest BCUT2D eigenvalue weighted by molar-refractivity contribution is 0.114. The Morgan fingerprint density at radius 3 is 2.93 bits per heavy atom. The summed E-state index contributed by atoms with van der Waals surface area (Å²) in [6.45, 7) is 1.52. The second-order valence-corrected chi connectivity index (χ2v) is 7.08. The fourth-order valence-corrected chi connectivity index (χ4v) is 3.27. The van der Waals surface area contributed by atoms with Crippen LogP contribution >= 0.6 is 12.2 Å². The van der Waals surface area contributed by atoms with Crippen molar-refractivity contribution in [3.05, 3.63) is 66.6 Å². The normalized spacial score (nSPS) is 16.2. The molecule has 1 saturated heterocycles. The largest absolute Gasteiger partial charge is 0.376 e. The fraction of sp³-hybridized carbons (Fsp3) is 0.238. The lowest BCUT2D eigenvalue weighted by Crippen LogP contribution is -2.37. The summed E-state index contributed by atoms with van der Waals surface area (Å²) >= 11 is 5.29. The van der Waals surface area contributed by atoms with Gasteiger partial charge in [0.25, 0.3) is 0 Å². The SMILES string of the molecule is S=C(NC[C@@H]1CCCO1)N/N=C\c1cn(-c2ccccc2)nc1-c1cccnc1. The third-order valence-corrected chi connectivity index (χ3v) is 4.82. The van der Waals surface area contributed by atoms with Gasteiger partial charge in [0, 0.05) is 42.9 Å². The molecule has 1 atom stereocenters. The van der Waals surface area contributed by atoms with Gasteiger partial charge >= 0.3 is 0 Å². The van der Waals surface area contributed by atoms with Crippen LogP contribution in [0.5, 0.6) is 0 Å². The Morgan fingerprint density at radius 2 is 2.17 bits per heavy atom. The third kappa shape index (κ3) is 5.04. The average molecular weight is 407 g/mol. The van der Waals surface area contributed by atoms with Gasteiger partial charge in [0.15, 0.2) is 5.11 Å². The van der Waals surface area contributed by atoms with Crippen molar-refractivity contribution in [1.82, 2.24) is 25.5 Å². The zero-order valence-electron chi connectivity index (χ0n) is 15.9. The first-order valence-electron chi connectivity index (χ1n) is 9.53. The van der Waals surface area contributed by atoms with Crippen LogP contribution in [0.3, 0.4) is 0 Å². The van der Waals surface area contributed by atoms with Crippen molar-refractivity contribution >= 4 is 23.5 Å². The Morgan fingerprint density at radius 1 is 1.28 bits per heavy atom. The number of ether oxygens (including phenoxy) is 1. The van der Waals surface area contributed by atoms with Gasteiger partial charge in [-0.2, -0.15) is 10.2 Å². The second-order valence-electron chi connectivity index (χ2n) is 6.67. The Labute approximate surface area is 174 Å². The van der Waals surface area contributed by atoms with Crippen LogP contribution in [0.1, 0.15) is 18.4 Å². The number of nitrogens with one attached hydrogen (secondary N) is 2. The molecule has 2 N–H and O–H groups in total. The molecule has 4 rings (SSSR count). The summed E-state index contributed by atoms with van der Waals surface area (Å²) in [5.41, 5.74) is 6.41. The zero-order valence-corrected chi connectivity index (χ0v) is 16.7. The summed E-state index contributed by atoms with van der Waals surface area (Å²) in [7, 11) is 0. The van der Waals surface area contributed by atoms with E-state index in [0.29, 0.717) is 11.7 Å². The van der Waals surface area contributed by atoms with E-state index in [0.717, 1.165) is 42.0 Å². The number of thiocarbonyl (C=S) groups is 1. The van der Waals surface area contributed by atoms with Crippen LogP contribution in [0, 0.1) is 0 Å². The van der Waals surface area contributed by atoms with Gasteiger partial charge in [-0.15, -0.1) is 0 Å². The number of hydrogen-bond acceptors (Lipinski definition) is 5. The van der Waals surface area contributed by atoms with Gasteiger partial charge in [0.05, 0.1) is 18.0 Å². The molecule has 0 radical (unpaired) electrons. The number of nitrogens with zero attached hydrogens (tertiary/aromatic N) is 4. The summed E-state index contributed by atoms with van der Waals surface area (Å²) < 4.78 is 7.41. The summed E-state index contributed by atoms with van der Waals surface area (Å²) in [4.78, 5) is 4.20. The maximum absolute atomic E-state index is 5.58. The Balaban J connectivity index is 1.48. The van der Waals surface area contributed by atoms with Gasteiger partial charge in [-0.1, -0.05) is 18.2 Å². The minimum Gasteiger partial charge on any atom is -0.376 e. The van der Waals surface area contributed by atoms with Crippen LogP contribution in [-0.4, -0.2) is 45.3 Å². The monoisotopic (exact) mass is 406 g/mol. The number of pyridine rings is 1. The topological polar surface area (TPSA) is 76.4 Å². The lowest BCUT2D eigenvalue weighted by atomic mass is 10.1. The third-order valence-electron chi connectivity index (χ3n) is 4.58. The van der Waals surface area contributed by atoms with Crippen LogP contribution in [0.2, 0.25) is 0 Å². The van der Waals surface area contributed by atoms with Crippen molar-refractivity contribution in [3.63, 3.8) is 0 Å². The molecule has 0 spiro atoms. The van der Waals surface area contributed by atoms with E-state index >= 15 is 0 Å². The van der Waals surface area contributed by atoms with Crippen LogP contribution in [0.15, 0.2) is 66.2 Å². The molecule has 29 heavy (non-hydrogen) atoms. The molecule has 0 saturated carbocycles.